The summed E-state index contributed by atoms with van der Waals surface area (Å²) in [5.74, 6) is 0.480. The Morgan fingerprint density at radius 3 is 2.83 bits per heavy atom. The van der Waals surface area contributed by atoms with Gasteiger partial charge in [-0.25, -0.2) is 0 Å². The maximum atomic E-state index is 12.9. The Balaban J connectivity index is 1.46. The summed E-state index contributed by atoms with van der Waals surface area (Å²) in [6.45, 7) is 0.847. The van der Waals surface area contributed by atoms with E-state index in [9.17, 15) is 9.90 Å². The second-order valence-electron chi connectivity index (χ2n) is 7.82. The van der Waals surface area contributed by atoms with Crippen molar-refractivity contribution in [2.45, 2.75) is 82.8 Å². The van der Waals surface area contributed by atoms with E-state index in [0.717, 1.165) is 57.2 Å². The number of hydrogen-bond donors (Lipinski definition) is 2. The van der Waals surface area contributed by atoms with Gasteiger partial charge >= 0.3 is 0 Å². The van der Waals surface area contributed by atoms with E-state index in [0.29, 0.717) is 6.42 Å². The van der Waals surface area contributed by atoms with Crippen LogP contribution in [-0.4, -0.2) is 44.8 Å². The zero-order valence-corrected chi connectivity index (χ0v) is 14.5. The van der Waals surface area contributed by atoms with Gasteiger partial charge in [-0.15, -0.1) is 0 Å². The largest absolute Gasteiger partial charge is 0.393 e. The average Bonchev–Trinajstić information content (AvgIpc) is 3.23. The Morgan fingerprint density at radius 2 is 1.96 bits per heavy atom. The molecule has 5 nitrogen and oxygen atoms in total. The molecule has 2 aliphatic carbocycles. The molecular formula is C19H29N3O2. The van der Waals surface area contributed by atoms with Crippen molar-refractivity contribution in [1.82, 2.24) is 15.1 Å². The van der Waals surface area contributed by atoms with Crippen LogP contribution in [0.4, 0.5) is 0 Å². The molecule has 2 heterocycles. The lowest BCUT2D eigenvalue weighted by Gasteiger charge is -2.37. The normalized spacial score (nSPS) is 30.4. The summed E-state index contributed by atoms with van der Waals surface area (Å²) < 4.78 is 0. The van der Waals surface area contributed by atoms with Crippen LogP contribution >= 0.6 is 0 Å². The standard InChI is InChI=1S/C19H29N3O2/c23-18-10-4-2-7-14(18)17-9-5-11-22(17)19(24)12-16-13-6-1-3-8-15(13)20-21-16/h14,17-18,23H,1-12H2,(H,20,21)/t14-,17+,18-/m0/s1. The highest BCUT2D eigenvalue weighted by Gasteiger charge is 2.39. The fourth-order valence-electron chi connectivity index (χ4n) is 5.08. The lowest BCUT2D eigenvalue weighted by atomic mass is 9.80. The molecule has 0 aromatic carbocycles. The van der Waals surface area contributed by atoms with Gasteiger partial charge in [0, 0.05) is 24.2 Å². The van der Waals surface area contributed by atoms with E-state index in [1.54, 1.807) is 0 Å². The molecule has 3 aliphatic rings. The zero-order chi connectivity index (χ0) is 16.5. The molecule has 5 heteroatoms. The second kappa shape index (κ2) is 6.87. The SMILES string of the molecule is O=C(Cc1n[nH]c2c1CCCC2)N1CCC[C@@H]1[C@@H]1CCCC[C@@H]1O. The van der Waals surface area contributed by atoms with Crippen molar-refractivity contribution in [3.8, 4) is 0 Å². The molecule has 2 N–H and O–H groups in total. The lowest BCUT2D eigenvalue weighted by molar-refractivity contribution is -0.133. The van der Waals surface area contributed by atoms with Crippen LogP contribution in [0.25, 0.3) is 0 Å². The predicted octanol–water partition coefficient (Wildman–Crippen LogP) is 2.37. The molecular weight excluding hydrogens is 302 g/mol. The highest BCUT2D eigenvalue weighted by Crippen LogP contribution is 2.35. The summed E-state index contributed by atoms with van der Waals surface area (Å²) in [4.78, 5) is 15.0. The third-order valence-corrected chi connectivity index (χ3v) is 6.36. The van der Waals surface area contributed by atoms with Gasteiger partial charge in [0.1, 0.15) is 0 Å². The number of aromatic nitrogens is 2. The van der Waals surface area contributed by atoms with Gasteiger partial charge in [0.2, 0.25) is 5.91 Å². The number of nitrogens with zero attached hydrogens (tertiary/aromatic N) is 2. The molecule has 1 aromatic heterocycles. The number of carbonyl (C=O) groups is 1. The molecule has 0 spiro atoms. The number of carbonyl (C=O) groups excluding carboxylic acids is 1. The second-order valence-corrected chi connectivity index (χ2v) is 7.82. The summed E-state index contributed by atoms with van der Waals surface area (Å²) >= 11 is 0. The number of fused-ring (bicyclic) bond motifs is 1. The number of rotatable bonds is 3. The highest BCUT2D eigenvalue weighted by atomic mass is 16.3. The van der Waals surface area contributed by atoms with Crippen molar-refractivity contribution in [2.75, 3.05) is 6.54 Å². The van der Waals surface area contributed by atoms with Gasteiger partial charge in [-0.05, 0) is 56.9 Å². The van der Waals surface area contributed by atoms with Crippen molar-refractivity contribution < 1.29 is 9.90 Å². The van der Waals surface area contributed by atoms with Gasteiger partial charge in [-0.1, -0.05) is 12.8 Å². The third kappa shape index (κ3) is 2.99. The molecule has 132 valence electrons. The van der Waals surface area contributed by atoms with Crippen LogP contribution in [0.15, 0.2) is 0 Å². The van der Waals surface area contributed by atoms with Gasteiger partial charge in [-0.2, -0.15) is 5.10 Å². The Morgan fingerprint density at radius 1 is 1.12 bits per heavy atom. The van der Waals surface area contributed by atoms with Gasteiger partial charge in [-0.3, -0.25) is 9.89 Å². The van der Waals surface area contributed by atoms with Crippen LogP contribution in [-0.2, 0) is 24.1 Å². The topological polar surface area (TPSA) is 69.2 Å². The molecule has 0 bridgehead atoms. The molecule has 0 unspecified atom stereocenters. The minimum atomic E-state index is -0.227. The van der Waals surface area contributed by atoms with E-state index in [1.807, 2.05) is 0 Å². The number of H-pyrrole nitrogens is 1. The first-order valence-electron chi connectivity index (χ1n) is 9.76. The molecule has 3 atom stereocenters. The van der Waals surface area contributed by atoms with E-state index in [-0.39, 0.29) is 24.0 Å². The monoisotopic (exact) mass is 331 g/mol. The third-order valence-electron chi connectivity index (χ3n) is 6.36. The molecule has 1 aromatic rings. The number of hydrogen-bond acceptors (Lipinski definition) is 3. The van der Waals surface area contributed by atoms with Crippen molar-refractivity contribution in [1.29, 1.82) is 0 Å². The molecule has 1 saturated heterocycles. The number of amides is 1. The number of likely N-dealkylation sites (tertiary alicyclic amines) is 1. The molecule has 4 rings (SSSR count). The maximum Gasteiger partial charge on any atom is 0.228 e. The Kier molecular flexibility index (Phi) is 4.61. The number of aromatic amines is 1. The first kappa shape index (κ1) is 16.1. The predicted molar refractivity (Wildman–Crippen MR) is 91.6 cm³/mol. The fraction of sp³-hybridized carbons (Fsp3) is 0.789. The molecule has 1 aliphatic heterocycles. The summed E-state index contributed by atoms with van der Waals surface area (Å²) in [6.07, 6.45) is 11.1. The Hall–Kier alpha value is -1.36. The van der Waals surface area contributed by atoms with E-state index in [2.05, 4.69) is 15.1 Å². The molecule has 1 saturated carbocycles. The quantitative estimate of drug-likeness (QED) is 0.893. The first-order valence-corrected chi connectivity index (χ1v) is 9.76. The van der Waals surface area contributed by atoms with E-state index in [1.165, 1.54) is 30.5 Å². The summed E-state index contributed by atoms with van der Waals surface area (Å²) in [7, 11) is 0. The lowest BCUT2D eigenvalue weighted by Crippen LogP contribution is -2.45. The van der Waals surface area contributed by atoms with Crippen LogP contribution in [0.2, 0.25) is 0 Å². The smallest absolute Gasteiger partial charge is 0.228 e. The number of aliphatic hydroxyl groups excluding tert-OH is 1. The van der Waals surface area contributed by atoms with Crippen LogP contribution in [0, 0.1) is 5.92 Å². The van der Waals surface area contributed by atoms with E-state index >= 15 is 0 Å². The molecule has 2 fully saturated rings. The number of aryl methyl sites for hydroxylation is 1. The van der Waals surface area contributed by atoms with E-state index in [4.69, 9.17) is 0 Å². The summed E-state index contributed by atoms with van der Waals surface area (Å²) in [5.41, 5.74) is 3.50. The van der Waals surface area contributed by atoms with Crippen LogP contribution in [0.1, 0.15) is 68.3 Å². The molecule has 1 amide bonds. The molecule has 0 radical (unpaired) electrons. The maximum absolute atomic E-state index is 12.9. The van der Waals surface area contributed by atoms with E-state index < -0.39 is 0 Å². The van der Waals surface area contributed by atoms with Crippen molar-refractivity contribution in [3.05, 3.63) is 17.0 Å². The zero-order valence-electron chi connectivity index (χ0n) is 14.5. The summed E-state index contributed by atoms with van der Waals surface area (Å²) in [6, 6.07) is 0.238. The van der Waals surface area contributed by atoms with Crippen molar-refractivity contribution in [2.24, 2.45) is 5.92 Å². The minimum Gasteiger partial charge on any atom is -0.393 e. The van der Waals surface area contributed by atoms with Gasteiger partial charge in [0.15, 0.2) is 0 Å². The Bertz CT molecular complexity index is 597. The van der Waals surface area contributed by atoms with Crippen molar-refractivity contribution >= 4 is 5.91 Å². The van der Waals surface area contributed by atoms with Gasteiger partial charge in [0.05, 0.1) is 18.2 Å². The highest BCUT2D eigenvalue weighted by molar-refractivity contribution is 5.79. The fourth-order valence-corrected chi connectivity index (χ4v) is 5.08. The molecule has 24 heavy (non-hydrogen) atoms. The summed E-state index contributed by atoms with van der Waals surface area (Å²) in [5, 5.41) is 18.0. The van der Waals surface area contributed by atoms with Crippen LogP contribution in [0.5, 0.6) is 0 Å². The van der Waals surface area contributed by atoms with Crippen LogP contribution in [0.3, 0.4) is 0 Å². The Labute approximate surface area is 143 Å². The first-order chi connectivity index (χ1) is 11.7. The number of aliphatic hydroxyl groups is 1. The van der Waals surface area contributed by atoms with Crippen LogP contribution < -0.4 is 0 Å². The minimum absolute atomic E-state index is 0.204. The average molecular weight is 331 g/mol. The van der Waals surface area contributed by atoms with Crippen molar-refractivity contribution in [3.63, 3.8) is 0 Å². The van der Waals surface area contributed by atoms with Gasteiger partial charge in [0.25, 0.3) is 0 Å². The number of nitrogens with one attached hydrogen (secondary N) is 1. The van der Waals surface area contributed by atoms with Gasteiger partial charge < -0.3 is 10.0 Å².